The average Bonchev–Trinajstić information content (AvgIpc) is 3.12. The molecule has 88 valence electrons. The van der Waals surface area contributed by atoms with Gasteiger partial charge in [0, 0.05) is 12.1 Å². The fraction of sp³-hybridized carbons (Fsp3) is 0.600. The zero-order valence-electron chi connectivity index (χ0n) is 9.13. The van der Waals surface area contributed by atoms with E-state index in [9.17, 15) is 0 Å². The molecular formula is C10H12N6O. The molecule has 0 spiro atoms. The van der Waals surface area contributed by atoms with E-state index in [0.29, 0.717) is 29.5 Å². The van der Waals surface area contributed by atoms with Gasteiger partial charge in [0.1, 0.15) is 0 Å². The third kappa shape index (κ3) is 1.39. The van der Waals surface area contributed by atoms with Crippen LogP contribution in [-0.2, 0) is 0 Å². The molecule has 2 saturated heterocycles. The van der Waals surface area contributed by atoms with E-state index in [-0.39, 0.29) is 0 Å². The molecule has 0 saturated carbocycles. The van der Waals surface area contributed by atoms with Crippen LogP contribution in [0.1, 0.15) is 31.1 Å². The summed E-state index contributed by atoms with van der Waals surface area (Å²) in [4.78, 5) is 4.41. The summed E-state index contributed by atoms with van der Waals surface area (Å²) >= 11 is 0. The van der Waals surface area contributed by atoms with Gasteiger partial charge in [-0.1, -0.05) is 5.16 Å². The molecule has 2 bridgehead atoms. The summed E-state index contributed by atoms with van der Waals surface area (Å²) in [6.07, 6.45) is 5.17. The lowest BCUT2D eigenvalue weighted by atomic mass is 9.89. The van der Waals surface area contributed by atoms with E-state index >= 15 is 0 Å². The van der Waals surface area contributed by atoms with Crippen molar-refractivity contribution in [2.75, 3.05) is 0 Å². The molecule has 7 nitrogen and oxygen atoms in total. The largest absolute Gasteiger partial charge is 0.339 e. The maximum absolute atomic E-state index is 5.34. The van der Waals surface area contributed by atoms with Crippen molar-refractivity contribution >= 4 is 0 Å². The number of nitrogens with one attached hydrogen (secondary N) is 2. The van der Waals surface area contributed by atoms with Gasteiger partial charge >= 0.3 is 0 Å². The molecule has 4 heterocycles. The molecule has 7 heteroatoms. The molecule has 3 unspecified atom stereocenters. The normalized spacial score (nSPS) is 31.2. The van der Waals surface area contributed by atoms with Crippen LogP contribution in [0.2, 0.25) is 0 Å². The van der Waals surface area contributed by atoms with Crippen molar-refractivity contribution in [1.29, 1.82) is 0 Å². The maximum atomic E-state index is 5.34. The Kier molecular flexibility index (Phi) is 1.84. The molecule has 4 rings (SSSR count). The zero-order valence-corrected chi connectivity index (χ0v) is 9.13. The predicted octanol–water partition coefficient (Wildman–Crippen LogP) is 0.463. The van der Waals surface area contributed by atoms with Gasteiger partial charge in [-0.2, -0.15) is 20.4 Å². The van der Waals surface area contributed by atoms with Crippen molar-refractivity contribution in [2.24, 2.45) is 0 Å². The molecule has 2 aromatic rings. The Balaban J connectivity index is 1.63. The quantitative estimate of drug-likeness (QED) is 0.781. The summed E-state index contributed by atoms with van der Waals surface area (Å²) < 4.78 is 5.34. The molecule has 2 N–H and O–H groups in total. The summed E-state index contributed by atoms with van der Waals surface area (Å²) in [5.41, 5.74) is 0.621. The van der Waals surface area contributed by atoms with Crippen molar-refractivity contribution in [2.45, 2.75) is 37.3 Å². The van der Waals surface area contributed by atoms with Crippen molar-refractivity contribution in [3.05, 3.63) is 12.1 Å². The Hall–Kier alpha value is -1.76. The number of fused-ring (bicyclic) bond motifs is 2. The second-order valence-electron chi connectivity index (χ2n) is 4.70. The Morgan fingerprint density at radius 2 is 2.35 bits per heavy atom. The van der Waals surface area contributed by atoms with Crippen LogP contribution < -0.4 is 5.32 Å². The minimum absolute atomic E-state index is 0.363. The van der Waals surface area contributed by atoms with Gasteiger partial charge in [0.15, 0.2) is 5.69 Å². The Morgan fingerprint density at radius 3 is 3.06 bits per heavy atom. The van der Waals surface area contributed by atoms with E-state index in [0.717, 1.165) is 12.3 Å². The first-order valence-corrected chi connectivity index (χ1v) is 5.86. The molecule has 0 aliphatic carbocycles. The first kappa shape index (κ1) is 9.29. The van der Waals surface area contributed by atoms with E-state index in [1.54, 1.807) is 6.20 Å². The highest BCUT2D eigenvalue weighted by Crippen LogP contribution is 2.39. The van der Waals surface area contributed by atoms with Crippen LogP contribution in [0.25, 0.3) is 11.5 Å². The van der Waals surface area contributed by atoms with Crippen LogP contribution in [0.5, 0.6) is 0 Å². The van der Waals surface area contributed by atoms with Crippen LogP contribution in [0.4, 0.5) is 0 Å². The van der Waals surface area contributed by atoms with Gasteiger partial charge in [0.2, 0.25) is 11.7 Å². The lowest BCUT2D eigenvalue weighted by Gasteiger charge is -2.15. The predicted molar refractivity (Wildman–Crippen MR) is 57.0 cm³/mol. The van der Waals surface area contributed by atoms with Gasteiger partial charge in [-0.25, -0.2) is 0 Å². The molecule has 3 atom stereocenters. The monoisotopic (exact) mass is 232 g/mol. The second kappa shape index (κ2) is 3.36. The lowest BCUT2D eigenvalue weighted by Crippen LogP contribution is -2.21. The van der Waals surface area contributed by atoms with E-state index in [2.05, 4.69) is 30.9 Å². The molecule has 0 aromatic carbocycles. The number of hydrogen-bond acceptors (Lipinski definition) is 6. The third-order valence-corrected chi connectivity index (χ3v) is 3.70. The first-order valence-electron chi connectivity index (χ1n) is 5.86. The molecule has 2 aliphatic rings. The summed E-state index contributed by atoms with van der Waals surface area (Å²) in [5.74, 6) is 1.60. The smallest absolute Gasteiger partial charge is 0.231 e. The number of hydrogen-bond donors (Lipinski definition) is 2. The van der Waals surface area contributed by atoms with Crippen LogP contribution >= 0.6 is 0 Å². The average molecular weight is 232 g/mol. The Morgan fingerprint density at radius 1 is 1.35 bits per heavy atom. The molecule has 2 aliphatic heterocycles. The highest BCUT2D eigenvalue weighted by molar-refractivity contribution is 5.45. The lowest BCUT2D eigenvalue weighted by molar-refractivity contribution is 0.329. The van der Waals surface area contributed by atoms with Crippen LogP contribution in [0, 0.1) is 0 Å². The molecule has 2 fully saturated rings. The number of aromatic amines is 1. The minimum Gasteiger partial charge on any atom is -0.339 e. The van der Waals surface area contributed by atoms with Crippen LogP contribution in [0.15, 0.2) is 10.7 Å². The van der Waals surface area contributed by atoms with Gasteiger partial charge in [-0.05, 0) is 19.3 Å². The van der Waals surface area contributed by atoms with E-state index in [4.69, 9.17) is 4.52 Å². The fourth-order valence-corrected chi connectivity index (χ4v) is 2.90. The van der Waals surface area contributed by atoms with E-state index in [1.165, 1.54) is 12.8 Å². The van der Waals surface area contributed by atoms with Crippen molar-refractivity contribution in [3.63, 3.8) is 0 Å². The van der Waals surface area contributed by atoms with Crippen molar-refractivity contribution in [3.8, 4) is 11.5 Å². The Labute approximate surface area is 97.0 Å². The van der Waals surface area contributed by atoms with Crippen LogP contribution in [0.3, 0.4) is 0 Å². The highest BCUT2D eigenvalue weighted by atomic mass is 16.5. The minimum atomic E-state index is 0.363. The number of rotatable bonds is 2. The number of nitrogens with zero attached hydrogens (tertiary/aromatic N) is 4. The SMILES string of the molecule is c1n[nH]nc1-c1noc(C2CC3CCC2N3)n1. The standard InChI is InChI=1S/C10H12N6O/c1-2-7-6(3-5(1)12-7)10-13-9(15-17-10)8-4-11-16-14-8/h4-7,12H,1-3H2,(H,11,14,16). The second-order valence-corrected chi connectivity index (χ2v) is 4.70. The van der Waals surface area contributed by atoms with Gasteiger partial charge < -0.3 is 9.84 Å². The van der Waals surface area contributed by atoms with Gasteiger partial charge in [0.25, 0.3) is 0 Å². The number of H-pyrrole nitrogens is 1. The number of aromatic nitrogens is 5. The molecule has 17 heavy (non-hydrogen) atoms. The fourth-order valence-electron chi connectivity index (χ4n) is 2.90. The summed E-state index contributed by atoms with van der Waals surface area (Å²) in [5, 5.41) is 17.7. The highest BCUT2D eigenvalue weighted by Gasteiger charge is 2.42. The maximum Gasteiger partial charge on any atom is 0.231 e. The van der Waals surface area contributed by atoms with E-state index < -0.39 is 0 Å². The molecule has 0 radical (unpaired) electrons. The molecular weight excluding hydrogens is 220 g/mol. The van der Waals surface area contributed by atoms with Crippen molar-refractivity contribution < 1.29 is 4.52 Å². The molecule has 0 amide bonds. The van der Waals surface area contributed by atoms with Gasteiger partial charge in [-0.3, -0.25) is 0 Å². The molecule has 2 aromatic heterocycles. The zero-order chi connectivity index (χ0) is 11.2. The third-order valence-electron chi connectivity index (χ3n) is 3.70. The van der Waals surface area contributed by atoms with Crippen molar-refractivity contribution in [1.82, 2.24) is 30.9 Å². The van der Waals surface area contributed by atoms with E-state index in [1.807, 2.05) is 0 Å². The van der Waals surface area contributed by atoms with Gasteiger partial charge in [0.05, 0.1) is 12.1 Å². The summed E-state index contributed by atoms with van der Waals surface area (Å²) in [6, 6.07) is 1.14. The first-order chi connectivity index (χ1) is 8.40. The summed E-state index contributed by atoms with van der Waals surface area (Å²) in [6.45, 7) is 0. The summed E-state index contributed by atoms with van der Waals surface area (Å²) in [7, 11) is 0. The van der Waals surface area contributed by atoms with Crippen LogP contribution in [-0.4, -0.2) is 37.6 Å². The Bertz CT molecular complexity index is 521. The topological polar surface area (TPSA) is 92.5 Å². The van der Waals surface area contributed by atoms with Gasteiger partial charge in [-0.15, -0.1) is 0 Å².